The largest absolute Gasteiger partial charge is 0.399 e. The van der Waals surface area contributed by atoms with Crippen LogP contribution < -0.4 is 11.3 Å². The maximum Gasteiger partial charge on any atom is 0.255 e. The van der Waals surface area contributed by atoms with Gasteiger partial charge in [-0.2, -0.15) is 0 Å². The fraction of sp³-hybridized carbons (Fsp3) is 0.300. The van der Waals surface area contributed by atoms with E-state index in [-0.39, 0.29) is 5.56 Å². The summed E-state index contributed by atoms with van der Waals surface area (Å²) in [4.78, 5) is 26.0. The van der Waals surface area contributed by atoms with Crippen molar-refractivity contribution in [1.29, 1.82) is 0 Å². The molecule has 4 N–H and O–H groups in total. The van der Waals surface area contributed by atoms with E-state index in [0.29, 0.717) is 18.1 Å². The molecule has 2 aromatic heterocycles. The molecule has 1 aromatic carbocycles. The van der Waals surface area contributed by atoms with Crippen molar-refractivity contribution in [2.75, 3.05) is 12.3 Å². The van der Waals surface area contributed by atoms with E-state index in [1.807, 2.05) is 24.3 Å². The summed E-state index contributed by atoms with van der Waals surface area (Å²) in [6.07, 6.45) is 0.778. The maximum absolute atomic E-state index is 12.6. The van der Waals surface area contributed by atoms with Gasteiger partial charge in [0.2, 0.25) is 0 Å². The number of rotatable bonds is 3. The van der Waals surface area contributed by atoms with Crippen LogP contribution in [0, 0.1) is 13.8 Å². The second-order valence-electron chi connectivity index (χ2n) is 7.04. The molecule has 0 fully saturated rings. The van der Waals surface area contributed by atoms with Gasteiger partial charge in [0.25, 0.3) is 5.56 Å². The molecule has 4 rings (SSSR count). The summed E-state index contributed by atoms with van der Waals surface area (Å²) in [5, 5.41) is 0. The Labute approximate surface area is 152 Å². The number of benzene rings is 1. The van der Waals surface area contributed by atoms with Gasteiger partial charge in [0.05, 0.1) is 11.3 Å². The normalized spacial score (nSPS) is 14.4. The molecule has 0 atom stereocenters. The minimum absolute atomic E-state index is 0.0501. The topological polar surface area (TPSA) is 90.8 Å². The molecule has 6 heteroatoms. The summed E-state index contributed by atoms with van der Waals surface area (Å²) < 4.78 is 0. The van der Waals surface area contributed by atoms with Gasteiger partial charge in [-0.15, -0.1) is 0 Å². The van der Waals surface area contributed by atoms with E-state index < -0.39 is 0 Å². The highest BCUT2D eigenvalue weighted by Gasteiger charge is 2.22. The van der Waals surface area contributed by atoms with E-state index >= 15 is 0 Å². The predicted molar refractivity (Wildman–Crippen MR) is 103 cm³/mol. The van der Waals surface area contributed by atoms with Crippen molar-refractivity contribution in [2.45, 2.75) is 33.4 Å². The third kappa shape index (κ3) is 3.15. The molecule has 1 aliphatic heterocycles. The number of aromatic amines is 2. The zero-order valence-corrected chi connectivity index (χ0v) is 15.1. The SMILES string of the molecule is Cc1cc(C)c(CN2CCc3nc(-c4ccc(N)cc4)[nH]c(=O)c3C2)[nH]1. The number of nitrogens with two attached hydrogens (primary N) is 1. The number of aromatic nitrogens is 3. The molecule has 0 bridgehead atoms. The number of hydrogen-bond acceptors (Lipinski definition) is 4. The van der Waals surface area contributed by atoms with Crippen LogP contribution in [0.4, 0.5) is 5.69 Å². The van der Waals surface area contributed by atoms with Crippen LogP contribution in [0.15, 0.2) is 35.1 Å². The number of H-pyrrole nitrogens is 2. The molecule has 0 saturated carbocycles. The van der Waals surface area contributed by atoms with Gasteiger partial charge in [0.1, 0.15) is 5.82 Å². The van der Waals surface area contributed by atoms with Gasteiger partial charge < -0.3 is 15.7 Å². The first kappa shape index (κ1) is 16.6. The molecule has 26 heavy (non-hydrogen) atoms. The Morgan fingerprint density at radius 3 is 2.65 bits per heavy atom. The maximum atomic E-state index is 12.6. The molecule has 0 unspecified atom stereocenters. The number of aryl methyl sites for hydroxylation is 2. The Morgan fingerprint density at radius 2 is 1.96 bits per heavy atom. The van der Waals surface area contributed by atoms with E-state index in [4.69, 9.17) is 10.7 Å². The summed E-state index contributed by atoms with van der Waals surface area (Å²) in [6.45, 7) is 6.51. The Hall–Kier alpha value is -2.86. The third-order valence-corrected chi connectivity index (χ3v) is 4.97. The first-order chi connectivity index (χ1) is 12.5. The molecule has 3 aromatic rings. The van der Waals surface area contributed by atoms with E-state index in [1.165, 1.54) is 17.0 Å². The van der Waals surface area contributed by atoms with Crippen LogP contribution in [-0.4, -0.2) is 26.4 Å². The van der Waals surface area contributed by atoms with Crippen molar-refractivity contribution in [1.82, 2.24) is 19.9 Å². The molecule has 0 saturated heterocycles. The lowest BCUT2D eigenvalue weighted by atomic mass is 10.1. The fourth-order valence-electron chi connectivity index (χ4n) is 3.57. The quantitative estimate of drug-likeness (QED) is 0.634. The second kappa shape index (κ2) is 6.46. The fourth-order valence-corrected chi connectivity index (χ4v) is 3.57. The highest BCUT2D eigenvalue weighted by Crippen LogP contribution is 2.21. The van der Waals surface area contributed by atoms with Gasteiger partial charge in [-0.3, -0.25) is 9.69 Å². The summed E-state index contributed by atoms with van der Waals surface area (Å²) >= 11 is 0. The van der Waals surface area contributed by atoms with Gasteiger partial charge in [-0.25, -0.2) is 4.98 Å². The molecule has 134 valence electrons. The number of hydrogen-bond donors (Lipinski definition) is 3. The van der Waals surface area contributed by atoms with Gasteiger partial charge in [0, 0.05) is 48.7 Å². The first-order valence-corrected chi connectivity index (χ1v) is 8.85. The summed E-state index contributed by atoms with van der Waals surface area (Å²) in [7, 11) is 0. The van der Waals surface area contributed by atoms with Crippen LogP contribution >= 0.6 is 0 Å². The minimum Gasteiger partial charge on any atom is -0.399 e. The van der Waals surface area contributed by atoms with Crippen molar-refractivity contribution in [3.8, 4) is 11.4 Å². The standard InChI is InChI=1S/C20H23N5O/c1-12-9-13(2)22-18(12)11-25-8-7-17-16(10-25)20(26)24-19(23-17)14-3-5-15(21)6-4-14/h3-6,9,22H,7-8,10-11,21H2,1-2H3,(H,23,24,26). The monoisotopic (exact) mass is 349 g/mol. The van der Waals surface area contributed by atoms with Crippen molar-refractivity contribution in [3.63, 3.8) is 0 Å². The molecule has 0 aliphatic carbocycles. The summed E-state index contributed by atoms with van der Waals surface area (Å²) in [5.41, 5.74) is 12.6. The highest BCUT2D eigenvalue weighted by atomic mass is 16.1. The molecule has 0 spiro atoms. The average molecular weight is 349 g/mol. The van der Waals surface area contributed by atoms with Crippen molar-refractivity contribution < 1.29 is 0 Å². The Kier molecular flexibility index (Phi) is 4.12. The Bertz CT molecular complexity index is 1000. The van der Waals surface area contributed by atoms with Crippen LogP contribution in [0.25, 0.3) is 11.4 Å². The van der Waals surface area contributed by atoms with Crippen molar-refractivity contribution in [3.05, 3.63) is 68.9 Å². The molecule has 6 nitrogen and oxygen atoms in total. The highest BCUT2D eigenvalue weighted by molar-refractivity contribution is 5.58. The zero-order valence-electron chi connectivity index (χ0n) is 15.1. The molecular weight excluding hydrogens is 326 g/mol. The molecule has 3 heterocycles. The number of nitrogens with zero attached hydrogens (tertiary/aromatic N) is 2. The van der Waals surface area contributed by atoms with Crippen LogP contribution in [0.2, 0.25) is 0 Å². The molecule has 0 radical (unpaired) electrons. The number of nitrogen functional groups attached to an aromatic ring is 1. The van der Waals surface area contributed by atoms with E-state index in [2.05, 4.69) is 34.8 Å². The summed E-state index contributed by atoms with van der Waals surface area (Å²) in [5.74, 6) is 0.609. The van der Waals surface area contributed by atoms with Crippen LogP contribution in [0.1, 0.15) is 28.2 Å². The van der Waals surface area contributed by atoms with Crippen LogP contribution in [0.3, 0.4) is 0 Å². The van der Waals surface area contributed by atoms with Gasteiger partial charge in [0.15, 0.2) is 0 Å². The third-order valence-electron chi connectivity index (χ3n) is 4.97. The van der Waals surface area contributed by atoms with Crippen LogP contribution in [-0.2, 0) is 19.5 Å². The number of anilines is 1. The number of nitrogens with one attached hydrogen (secondary N) is 2. The molecular formula is C20H23N5O. The zero-order chi connectivity index (χ0) is 18.3. The lowest BCUT2D eigenvalue weighted by Gasteiger charge is -2.27. The predicted octanol–water partition coefficient (Wildman–Crippen LogP) is 2.52. The average Bonchev–Trinajstić information content (AvgIpc) is 2.93. The van der Waals surface area contributed by atoms with Crippen molar-refractivity contribution in [2.24, 2.45) is 0 Å². The van der Waals surface area contributed by atoms with Crippen LogP contribution in [0.5, 0.6) is 0 Å². The smallest absolute Gasteiger partial charge is 0.255 e. The second-order valence-corrected chi connectivity index (χ2v) is 7.04. The molecule has 0 amide bonds. The lowest BCUT2D eigenvalue weighted by molar-refractivity contribution is 0.239. The lowest BCUT2D eigenvalue weighted by Crippen LogP contribution is -2.35. The van der Waals surface area contributed by atoms with E-state index in [0.717, 1.165) is 36.3 Å². The van der Waals surface area contributed by atoms with E-state index in [9.17, 15) is 4.79 Å². The van der Waals surface area contributed by atoms with Gasteiger partial charge >= 0.3 is 0 Å². The molecule has 1 aliphatic rings. The van der Waals surface area contributed by atoms with Crippen molar-refractivity contribution >= 4 is 5.69 Å². The minimum atomic E-state index is -0.0501. The summed E-state index contributed by atoms with van der Waals surface area (Å²) in [6, 6.07) is 9.55. The van der Waals surface area contributed by atoms with Gasteiger partial charge in [-0.05, 0) is 49.7 Å². The number of fused-ring (bicyclic) bond motifs is 1. The Balaban J connectivity index is 1.59. The van der Waals surface area contributed by atoms with Gasteiger partial charge in [-0.1, -0.05) is 0 Å². The van der Waals surface area contributed by atoms with E-state index in [1.54, 1.807) is 0 Å². The Morgan fingerprint density at radius 1 is 1.19 bits per heavy atom. The first-order valence-electron chi connectivity index (χ1n) is 8.85.